The van der Waals surface area contributed by atoms with Crippen molar-refractivity contribution in [2.75, 3.05) is 26.2 Å². The molecule has 1 aliphatic heterocycles. The molecule has 0 amide bonds. The van der Waals surface area contributed by atoms with E-state index in [1.165, 1.54) is 6.42 Å². The van der Waals surface area contributed by atoms with E-state index in [0.717, 1.165) is 44.1 Å². The summed E-state index contributed by atoms with van der Waals surface area (Å²) in [5.74, 6) is 2.01. The van der Waals surface area contributed by atoms with Crippen LogP contribution in [0.5, 0.6) is 0 Å². The van der Waals surface area contributed by atoms with Gasteiger partial charge in [-0.15, -0.1) is 0 Å². The van der Waals surface area contributed by atoms with Crippen LogP contribution in [0.2, 0.25) is 0 Å². The normalized spacial score (nSPS) is 21.2. The van der Waals surface area contributed by atoms with E-state index in [-0.39, 0.29) is 6.04 Å². The molecule has 0 bridgehead atoms. The molecule has 2 atom stereocenters. The summed E-state index contributed by atoms with van der Waals surface area (Å²) < 4.78 is 11.6. The zero-order valence-corrected chi connectivity index (χ0v) is 12.1. The van der Waals surface area contributed by atoms with Gasteiger partial charge in [0.2, 0.25) is 0 Å². The third-order valence-corrected chi connectivity index (χ3v) is 3.89. The van der Waals surface area contributed by atoms with E-state index < -0.39 is 0 Å². The Bertz CT molecular complexity index is 372. The topological polar surface area (TPSA) is 51.6 Å². The lowest BCUT2D eigenvalue weighted by atomic mass is 10.1. The third kappa shape index (κ3) is 3.59. The Labute approximate surface area is 115 Å². The van der Waals surface area contributed by atoms with Gasteiger partial charge in [0.25, 0.3) is 0 Å². The molecular weight excluding hydrogens is 240 g/mol. The number of furan rings is 1. The van der Waals surface area contributed by atoms with Gasteiger partial charge in [-0.05, 0) is 31.5 Å². The van der Waals surface area contributed by atoms with E-state index in [9.17, 15) is 0 Å². The number of aryl methyl sites for hydroxylation is 1. The Hall–Kier alpha value is -0.840. The van der Waals surface area contributed by atoms with E-state index in [0.29, 0.717) is 12.6 Å². The van der Waals surface area contributed by atoms with Gasteiger partial charge in [0.05, 0.1) is 12.1 Å². The molecule has 0 aromatic carbocycles. The maximum atomic E-state index is 5.96. The fourth-order valence-corrected chi connectivity index (χ4v) is 2.74. The summed E-state index contributed by atoms with van der Waals surface area (Å²) in [4.78, 5) is 2.37. The third-order valence-electron chi connectivity index (χ3n) is 3.89. The predicted molar refractivity (Wildman–Crippen MR) is 76.1 cm³/mol. The maximum Gasteiger partial charge on any atom is 0.122 e. The van der Waals surface area contributed by atoms with Crippen LogP contribution in [0.1, 0.15) is 44.3 Å². The van der Waals surface area contributed by atoms with E-state index in [1.807, 2.05) is 0 Å². The van der Waals surface area contributed by atoms with Crippen molar-refractivity contribution in [2.45, 2.75) is 45.3 Å². The van der Waals surface area contributed by atoms with Crippen LogP contribution >= 0.6 is 0 Å². The molecule has 19 heavy (non-hydrogen) atoms. The van der Waals surface area contributed by atoms with Crippen LogP contribution in [0.25, 0.3) is 0 Å². The average molecular weight is 266 g/mol. The molecule has 1 fully saturated rings. The molecule has 0 aliphatic carbocycles. The number of hydrogen-bond donors (Lipinski definition) is 1. The molecule has 1 aromatic heterocycles. The second-order valence-corrected chi connectivity index (χ2v) is 5.13. The van der Waals surface area contributed by atoms with Crippen LogP contribution < -0.4 is 5.73 Å². The summed E-state index contributed by atoms with van der Waals surface area (Å²) in [5.41, 5.74) is 5.96. The zero-order chi connectivity index (χ0) is 13.7. The fourth-order valence-electron chi connectivity index (χ4n) is 2.74. The largest absolute Gasteiger partial charge is 0.464 e. The molecule has 1 saturated heterocycles. The van der Waals surface area contributed by atoms with Crippen LogP contribution in [0.15, 0.2) is 16.5 Å². The average Bonchev–Trinajstić information content (AvgIpc) is 3.09. The summed E-state index contributed by atoms with van der Waals surface area (Å²) in [6.45, 7) is 7.66. The lowest BCUT2D eigenvalue weighted by molar-refractivity contribution is 0.0560. The molecule has 2 N–H and O–H groups in total. The highest BCUT2D eigenvalue weighted by molar-refractivity contribution is 5.11. The lowest BCUT2D eigenvalue weighted by Crippen LogP contribution is -2.38. The standard InChI is InChI=1S/C15H26N2O2/c1-3-12-7-8-15(19-12)14(10-16)17(4-2)11-13-6-5-9-18-13/h7-8,13-14H,3-6,9-11,16H2,1-2H3. The molecule has 1 aromatic rings. The molecule has 0 spiro atoms. The van der Waals surface area contributed by atoms with Crippen LogP contribution in [0.4, 0.5) is 0 Å². The smallest absolute Gasteiger partial charge is 0.122 e. The minimum atomic E-state index is 0.162. The monoisotopic (exact) mass is 266 g/mol. The molecule has 2 heterocycles. The molecule has 0 saturated carbocycles. The van der Waals surface area contributed by atoms with Gasteiger partial charge in [-0.3, -0.25) is 4.90 Å². The zero-order valence-electron chi connectivity index (χ0n) is 12.1. The van der Waals surface area contributed by atoms with Gasteiger partial charge < -0.3 is 14.9 Å². The number of ether oxygens (including phenoxy) is 1. The van der Waals surface area contributed by atoms with Crippen molar-refractivity contribution in [3.63, 3.8) is 0 Å². The summed E-state index contributed by atoms with van der Waals surface area (Å²) in [7, 11) is 0. The van der Waals surface area contributed by atoms with Gasteiger partial charge in [-0.1, -0.05) is 13.8 Å². The first-order chi connectivity index (χ1) is 9.28. The van der Waals surface area contributed by atoms with E-state index in [2.05, 4.69) is 30.9 Å². The second-order valence-electron chi connectivity index (χ2n) is 5.13. The molecule has 0 radical (unpaired) electrons. The summed E-state index contributed by atoms with van der Waals surface area (Å²) in [6.07, 6.45) is 3.62. The van der Waals surface area contributed by atoms with Gasteiger partial charge in [0.1, 0.15) is 11.5 Å². The highest BCUT2D eigenvalue weighted by Crippen LogP contribution is 2.24. The number of rotatable bonds is 7. The van der Waals surface area contributed by atoms with Crippen LogP contribution in [0.3, 0.4) is 0 Å². The number of nitrogens with two attached hydrogens (primary N) is 1. The number of nitrogens with zero attached hydrogens (tertiary/aromatic N) is 1. The Morgan fingerprint density at radius 1 is 1.42 bits per heavy atom. The summed E-state index contributed by atoms with van der Waals surface area (Å²) in [6, 6.07) is 4.28. The first kappa shape index (κ1) is 14.6. The Morgan fingerprint density at radius 3 is 2.79 bits per heavy atom. The highest BCUT2D eigenvalue weighted by Gasteiger charge is 2.25. The van der Waals surface area contributed by atoms with Crippen LogP contribution in [0, 0.1) is 0 Å². The fraction of sp³-hybridized carbons (Fsp3) is 0.733. The van der Waals surface area contributed by atoms with E-state index >= 15 is 0 Å². The van der Waals surface area contributed by atoms with Gasteiger partial charge in [-0.2, -0.15) is 0 Å². The predicted octanol–water partition coefficient (Wildman–Crippen LogP) is 2.34. The van der Waals surface area contributed by atoms with Crippen LogP contribution in [-0.2, 0) is 11.2 Å². The second kappa shape index (κ2) is 7.08. The SMILES string of the molecule is CCc1ccc(C(CN)N(CC)CC2CCCO2)o1. The lowest BCUT2D eigenvalue weighted by Gasteiger charge is -2.30. The van der Waals surface area contributed by atoms with Crippen LogP contribution in [-0.4, -0.2) is 37.2 Å². The molecule has 4 heteroatoms. The molecule has 1 aliphatic rings. The Balaban J connectivity index is 2.04. The van der Waals surface area contributed by atoms with E-state index in [1.54, 1.807) is 0 Å². The number of likely N-dealkylation sites (N-methyl/N-ethyl adjacent to an activating group) is 1. The number of hydrogen-bond acceptors (Lipinski definition) is 4. The van der Waals surface area contributed by atoms with Crippen molar-refractivity contribution < 1.29 is 9.15 Å². The minimum absolute atomic E-state index is 0.162. The van der Waals surface area contributed by atoms with E-state index in [4.69, 9.17) is 14.9 Å². The van der Waals surface area contributed by atoms with Crippen molar-refractivity contribution in [1.82, 2.24) is 4.90 Å². The van der Waals surface area contributed by atoms with Crippen molar-refractivity contribution in [1.29, 1.82) is 0 Å². The Morgan fingerprint density at radius 2 is 2.26 bits per heavy atom. The molecule has 2 unspecified atom stereocenters. The summed E-state index contributed by atoms with van der Waals surface area (Å²) in [5, 5.41) is 0. The van der Waals surface area contributed by atoms with Crippen molar-refractivity contribution in [3.8, 4) is 0 Å². The maximum absolute atomic E-state index is 5.96. The molecule has 2 rings (SSSR count). The minimum Gasteiger partial charge on any atom is -0.464 e. The van der Waals surface area contributed by atoms with Crippen molar-refractivity contribution in [2.24, 2.45) is 5.73 Å². The quantitative estimate of drug-likeness (QED) is 0.823. The molecular formula is C15H26N2O2. The van der Waals surface area contributed by atoms with Gasteiger partial charge in [-0.25, -0.2) is 0 Å². The van der Waals surface area contributed by atoms with Gasteiger partial charge in [0.15, 0.2) is 0 Å². The van der Waals surface area contributed by atoms with Gasteiger partial charge in [0, 0.05) is 26.1 Å². The first-order valence-corrected chi connectivity index (χ1v) is 7.42. The molecule has 4 nitrogen and oxygen atoms in total. The highest BCUT2D eigenvalue weighted by atomic mass is 16.5. The van der Waals surface area contributed by atoms with Gasteiger partial charge >= 0.3 is 0 Å². The molecule has 108 valence electrons. The van der Waals surface area contributed by atoms with Crippen molar-refractivity contribution >= 4 is 0 Å². The Kier molecular flexibility index (Phi) is 5.43. The van der Waals surface area contributed by atoms with Crippen molar-refractivity contribution in [3.05, 3.63) is 23.7 Å². The first-order valence-electron chi connectivity index (χ1n) is 7.42. The summed E-state index contributed by atoms with van der Waals surface area (Å²) >= 11 is 0.